The molecule has 1 saturated carbocycles. The van der Waals surface area contributed by atoms with Crippen LogP contribution in [0.3, 0.4) is 0 Å². The molecule has 0 aliphatic heterocycles. The molecule has 0 aromatic heterocycles. The van der Waals surface area contributed by atoms with Crippen molar-refractivity contribution >= 4 is 0 Å². The van der Waals surface area contributed by atoms with Gasteiger partial charge in [0.1, 0.15) is 0 Å². The van der Waals surface area contributed by atoms with Crippen LogP contribution in [0, 0.1) is 5.92 Å². The van der Waals surface area contributed by atoms with Gasteiger partial charge in [0.25, 0.3) is 0 Å². The Morgan fingerprint density at radius 3 is 2.59 bits per heavy atom. The molecule has 0 aromatic rings. The molecule has 1 rings (SSSR count). The topological polar surface area (TPSA) is 38.5 Å². The second-order valence-corrected chi connectivity index (χ2v) is 5.48. The maximum Gasteiger partial charge on any atom is 0.0617 e. The van der Waals surface area contributed by atoms with Crippen molar-refractivity contribution in [3.05, 3.63) is 0 Å². The molecule has 1 atom stereocenters. The van der Waals surface area contributed by atoms with Crippen LogP contribution in [0.2, 0.25) is 0 Å². The smallest absolute Gasteiger partial charge is 0.0617 e. The van der Waals surface area contributed by atoms with Crippen LogP contribution in [0.25, 0.3) is 0 Å². The average molecular weight is 242 g/mol. The lowest BCUT2D eigenvalue weighted by Crippen LogP contribution is -2.39. The first-order valence-corrected chi connectivity index (χ1v) is 7.17. The Hall–Kier alpha value is -0.120. The molecule has 3 heteroatoms. The van der Waals surface area contributed by atoms with Crippen LogP contribution in [0.5, 0.6) is 0 Å². The van der Waals surface area contributed by atoms with Gasteiger partial charge in [0.15, 0.2) is 0 Å². The van der Waals surface area contributed by atoms with E-state index >= 15 is 0 Å². The van der Waals surface area contributed by atoms with Crippen LogP contribution in [-0.4, -0.2) is 44.8 Å². The number of nitrogens with zero attached hydrogens (tertiary/aromatic N) is 1. The van der Waals surface area contributed by atoms with Gasteiger partial charge in [-0.3, -0.25) is 0 Å². The first-order chi connectivity index (χ1) is 8.27. The summed E-state index contributed by atoms with van der Waals surface area (Å²) < 4.78 is 5.33. The van der Waals surface area contributed by atoms with E-state index in [1.165, 1.54) is 38.6 Å². The predicted octanol–water partition coefficient (Wildman–Crippen LogP) is 2.25. The van der Waals surface area contributed by atoms with Crippen molar-refractivity contribution in [1.29, 1.82) is 0 Å². The maximum atomic E-state index is 5.60. The Morgan fingerprint density at radius 2 is 2.00 bits per heavy atom. The lowest BCUT2D eigenvalue weighted by molar-refractivity contribution is 0.0854. The molecule has 1 fully saturated rings. The van der Waals surface area contributed by atoms with Crippen LogP contribution in [-0.2, 0) is 4.74 Å². The second-order valence-electron chi connectivity index (χ2n) is 5.48. The normalized spacial score (nSPS) is 19.8. The van der Waals surface area contributed by atoms with E-state index in [2.05, 4.69) is 11.9 Å². The number of ether oxygens (including phenoxy) is 1. The van der Waals surface area contributed by atoms with Crippen LogP contribution in [0.15, 0.2) is 0 Å². The zero-order valence-electron chi connectivity index (χ0n) is 11.7. The lowest BCUT2D eigenvalue weighted by atomic mass is 9.88. The van der Waals surface area contributed by atoms with Gasteiger partial charge in [-0.1, -0.05) is 19.3 Å². The molecule has 0 spiro atoms. The Balaban J connectivity index is 2.31. The monoisotopic (exact) mass is 242 g/mol. The quantitative estimate of drug-likeness (QED) is 0.709. The van der Waals surface area contributed by atoms with Gasteiger partial charge in [0.2, 0.25) is 0 Å². The number of likely N-dealkylation sites (N-methyl/N-ethyl adjacent to an activating group) is 1. The van der Waals surface area contributed by atoms with Gasteiger partial charge < -0.3 is 15.4 Å². The molecular weight excluding hydrogens is 212 g/mol. The molecule has 1 unspecified atom stereocenters. The molecule has 0 heterocycles. The molecule has 1 aliphatic carbocycles. The summed E-state index contributed by atoms with van der Waals surface area (Å²) >= 11 is 0. The largest absolute Gasteiger partial charge is 0.383 e. The Labute approximate surface area is 107 Å². The summed E-state index contributed by atoms with van der Waals surface area (Å²) in [6.07, 6.45) is 9.39. The highest BCUT2D eigenvalue weighted by molar-refractivity contribution is 4.74. The highest BCUT2D eigenvalue weighted by atomic mass is 16.5. The summed E-state index contributed by atoms with van der Waals surface area (Å²) in [7, 11) is 4.04. The van der Waals surface area contributed by atoms with Crippen LogP contribution >= 0.6 is 0 Å². The molecule has 2 N–H and O–H groups in total. The minimum absolute atomic E-state index is 0.547. The third-order valence-corrected chi connectivity index (χ3v) is 3.99. The Morgan fingerprint density at radius 1 is 1.29 bits per heavy atom. The van der Waals surface area contributed by atoms with E-state index in [1.807, 2.05) is 0 Å². The molecule has 17 heavy (non-hydrogen) atoms. The fourth-order valence-electron chi connectivity index (χ4n) is 2.90. The van der Waals surface area contributed by atoms with E-state index in [-0.39, 0.29) is 0 Å². The third-order valence-electron chi connectivity index (χ3n) is 3.99. The van der Waals surface area contributed by atoms with E-state index in [0.717, 1.165) is 31.9 Å². The van der Waals surface area contributed by atoms with Crippen molar-refractivity contribution in [3.8, 4) is 0 Å². The van der Waals surface area contributed by atoms with E-state index in [1.54, 1.807) is 7.11 Å². The van der Waals surface area contributed by atoms with Gasteiger partial charge in [0.05, 0.1) is 6.61 Å². The van der Waals surface area contributed by atoms with Gasteiger partial charge in [-0.2, -0.15) is 0 Å². The van der Waals surface area contributed by atoms with Crippen molar-refractivity contribution in [3.63, 3.8) is 0 Å². The molecule has 0 radical (unpaired) electrons. The molecule has 0 amide bonds. The van der Waals surface area contributed by atoms with Gasteiger partial charge in [-0.05, 0) is 45.2 Å². The molecule has 102 valence electrons. The number of rotatable bonds is 8. The summed E-state index contributed by atoms with van der Waals surface area (Å²) in [5.74, 6) is 0.908. The number of nitrogens with two attached hydrogens (primary N) is 1. The lowest BCUT2D eigenvalue weighted by Gasteiger charge is -2.32. The van der Waals surface area contributed by atoms with E-state index < -0.39 is 0 Å². The Kier molecular flexibility index (Phi) is 7.82. The van der Waals surface area contributed by atoms with Crippen molar-refractivity contribution in [2.75, 3.05) is 33.9 Å². The van der Waals surface area contributed by atoms with E-state index in [9.17, 15) is 0 Å². The van der Waals surface area contributed by atoms with Crippen molar-refractivity contribution in [2.45, 2.75) is 51.0 Å². The van der Waals surface area contributed by atoms with Crippen LogP contribution < -0.4 is 5.73 Å². The summed E-state index contributed by atoms with van der Waals surface area (Å²) in [6.45, 7) is 2.86. The highest BCUT2D eigenvalue weighted by Gasteiger charge is 2.20. The van der Waals surface area contributed by atoms with Crippen LogP contribution in [0.4, 0.5) is 0 Å². The van der Waals surface area contributed by atoms with Gasteiger partial charge >= 0.3 is 0 Å². The first-order valence-electron chi connectivity index (χ1n) is 7.17. The van der Waals surface area contributed by atoms with Gasteiger partial charge in [-0.15, -0.1) is 0 Å². The summed E-state index contributed by atoms with van der Waals surface area (Å²) in [5, 5.41) is 0. The fourth-order valence-corrected chi connectivity index (χ4v) is 2.90. The second kappa shape index (κ2) is 8.90. The molecule has 1 aliphatic rings. The van der Waals surface area contributed by atoms with Crippen molar-refractivity contribution in [2.24, 2.45) is 11.7 Å². The maximum absolute atomic E-state index is 5.60. The minimum Gasteiger partial charge on any atom is -0.383 e. The zero-order chi connectivity index (χ0) is 12.5. The molecule has 3 nitrogen and oxygen atoms in total. The predicted molar refractivity (Wildman–Crippen MR) is 73.2 cm³/mol. The standard InChI is InChI=1S/C14H30N2O/c1-16(11-13-7-4-3-5-8-13)14(12-17-2)9-6-10-15/h13-14H,3-12,15H2,1-2H3. The summed E-state index contributed by atoms with van der Waals surface area (Å²) in [4.78, 5) is 2.50. The molecule has 0 bridgehead atoms. The molecular formula is C14H30N2O. The number of methoxy groups -OCH3 is 1. The fraction of sp³-hybridized carbons (Fsp3) is 1.00. The zero-order valence-corrected chi connectivity index (χ0v) is 11.7. The van der Waals surface area contributed by atoms with Crippen molar-refractivity contribution in [1.82, 2.24) is 4.90 Å². The summed E-state index contributed by atoms with van der Waals surface area (Å²) in [5.41, 5.74) is 5.60. The first kappa shape index (κ1) is 14.9. The molecule has 0 saturated heterocycles. The average Bonchev–Trinajstić information content (AvgIpc) is 2.35. The highest BCUT2D eigenvalue weighted by Crippen LogP contribution is 2.25. The van der Waals surface area contributed by atoms with E-state index in [0.29, 0.717) is 6.04 Å². The number of hydrogen-bond donors (Lipinski definition) is 1. The van der Waals surface area contributed by atoms with Gasteiger partial charge in [0, 0.05) is 19.7 Å². The van der Waals surface area contributed by atoms with Crippen LogP contribution in [0.1, 0.15) is 44.9 Å². The SMILES string of the molecule is COCC(CCCN)N(C)CC1CCCCC1. The number of hydrogen-bond acceptors (Lipinski definition) is 3. The van der Waals surface area contributed by atoms with Crippen molar-refractivity contribution < 1.29 is 4.74 Å². The van der Waals surface area contributed by atoms with Gasteiger partial charge in [-0.25, -0.2) is 0 Å². The molecule has 0 aromatic carbocycles. The minimum atomic E-state index is 0.547. The Bertz CT molecular complexity index is 181. The summed E-state index contributed by atoms with van der Waals surface area (Å²) in [6, 6.07) is 0.547. The van der Waals surface area contributed by atoms with E-state index in [4.69, 9.17) is 10.5 Å². The third kappa shape index (κ3) is 5.84.